The number of esters is 1. The monoisotopic (exact) mass is 547 g/mol. The molecule has 0 aliphatic heterocycles. The molecule has 0 fully saturated rings. The fourth-order valence-corrected chi connectivity index (χ4v) is 3.55. The summed E-state index contributed by atoms with van der Waals surface area (Å²) >= 11 is 0. The molecule has 0 heterocycles. The Hall–Kier alpha value is -3.96. The Labute approximate surface area is 229 Å². The van der Waals surface area contributed by atoms with Gasteiger partial charge in [-0.15, -0.1) is 0 Å². The number of carbonyl (C=O) groups is 6. The van der Waals surface area contributed by atoms with Gasteiger partial charge in [0.15, 0.2) is 0 Å². The van der Waals surface area contributed by atoms with Gasteiger partial charge in [-0.3, -0.25) is 24.0 Å². The van der Waals surface area contributed by atoms with Crippen molar-refractivity contribution in [1.82, 2.24) is 16.0 Å². The molecule has 2 unspecified atom stereocenters. The normalized spacial score (nSPS) is 12.1. The number of ketones is 1. The SMILES string of the molecule is CCC(=O)CCCC(=O)NC(C(=O)NC(CCCNC(N)=O)C(=O)Nc1ccc(COC(C)=O)cc1)C(C)C. The first kappa shape index (κ1) is 33.1. The highest BCUT2D eigenvalue weighted by molar-refractivity contribution is 5.98. The zero-order chi connectivity index (χ0) is 29.4. The van der Waals surface area contributed by atoms with Crippen molar-refractivity contribution in [2.45, 2.75) is 84.9 Å². The molecule has 0 aliphatic carbocycles. The smallest absolute Gasteiger partial charge is 0.312 e. The fraction of sp³-hybridized carbons (Fsp3) is 0.556. The third-order valence-corrected chi connectivity index (χ3v) is 5.78. The molecule has 2 atom stereocenters. The summed E-state index contributed by atoms with van der Waals surface area (Å²) in [5.41, 5.74) is 6.30. The van der Waals surface area contributed by atoms with Crippen molar-refractivity contribution in [3.8, 4) is 0 Å². The minimum atomic E-state index is -0.965. The summed E-state index contributed by atoms with van der Waals surface area (Å²) in [7, 11) is 0. The molecule has 0 spiro atoms. The fourth-order valence-electron chi connectivity index (χ4n) is 3.55. The number of anilines is 1. The molecule has 0 aromatic heterocycles. The van der Waals surface area contributed by atoms with Gasteiger partial charge in [-0.25, -0.2) is 4.79 Å². The summed E-state index contributed by atoms with van der Waals surface area (Å²) in [6.07, 6.45) is 1.76. The first-order valence-electron chi connectivity index (χ1n) is 13.1. The van der Waals surface area contributed by atoms with Crippen LogP contribution >= 0.6 is 0 Å². The second kappa shape index (κ2) is 17.5. The number of urea groups is 1. The summed E-state index contributed by atoms with van der Waals surface area (Å²) < 4.78 is 4.95. The van der Waals surface area contributed by atoms with Crippen molar-refractivity contribution in [3.05, 3.63) is 29.8 Å². The van der Waals surface area contributed by atoms with Crippen LogP contribution < -0.4 is 27.0 Å². The molecule has 216 valence electrons. The molecule has 6 N–H and O–H groups in total. The number of nitrogens with two attached hydrogens (primary N) is 1. The van der Waals surface area contributed by atoms with Crippen LogP contribution in [-0.4, -0.2) is 54.1 Å². The van der Waals surface area contributed by atoms with Crippen LogP contribution in [0.3, 0.4) is 0 Å². The van der Waals surface area contributed by atoms with E-state index in [0.717, 1.165) is 5.56 Å². The Morgan fingerprint density at radius 3 is 2.15 bits per heavy atom. The van der Waals surface area contributed by atoms with Gasteiger partial charge in [-0.05, 0) is 42.9 Å². The van der Waals surface area contributed by atoms with E-state index in [9.17, 15) is 28.8 Å². The van der Waals surface area contributed by atoms with E-state index < -0.39 is 35.9 Å². The average molecular weight is 548 g/mol. The lowest BCUT2D eigenvalue weighted by molar-refractivity contribution is -0.142. The highest BCUT2D eigenvalue weighted by atomic mass is 16.5. The van der Waals surface area contributed by atoms with Crippen LogP contribution in [0.1, 0.15) is 71.8 Å². The van der Waals surface area contributed by atoms with Crippen LogP contribution in [-0.2, 0) is 35.3 Å². The van der Waals surface area contributed by atoms with E-state index in [0.29, 0.717) is 31.4 Å². The van der Waals surface area contributed by atoms with E-state index in [1.165, 1.54) is 6.92 Å². The molecule has 1 rings (SSSR count). The van der Waals surface area contributed by atoms with Gasteiger partial charge in [-0.1, -0.05) is 32.9 Å². The van der Waals surface area contributed by atoms with Crippen molar-refractivity contribution < 1.29 is 33.5 Å². The molecule has 5 amide bonds. The molecule has 0 bridgehead atoms. The van der Waals surface area contributed by atoms with Crippen molar-refractivity contribution in [1.29, 1.82) is 0 Å². The number of Topliss-reactive ketones (excluding diaryl/α,β-unsaturated/α-hetero) is 1. The Morgan fingerprint density at radius 1 is 0.923 bits per heavy atom. The van der Waals surface area contributed by atoms with Crippen LogP contribution in [0.4, 0.5) is 10.5 Å². The van der Waals surface area contributed by atoms with Gasteiger partial charge in [-0.2, -0.15) is 0 Å². The molecule has 0 aliphatic rings. The van der Waals surface area contributed by atoms with Gasteiger partial charge in [0.2, 0.25) is 17.7 Å². The van der Waals surface area contributed by atoms with Gasteiger partial charge in [0, 0.05) is 38.4 Å². The van der Waals surface area contributed by atoms with Gasteiger partial charge in [0.05, 0.1) is 0 Å². The third-order valence-electron chi connectivity index (χ3n) is 5.78. The van der Waals surface area contributed by atoms with E-state index in [-0.39, 0.29) is 43.6 Å². The molecule has 1 aromatic carbocycles. The Kier molecular flexibility index (Phi) is 14.9. The Morgan fingerprint density at radius 2 is 1.59 bits per heavy atom. The van der Waals surface area contributed by atoms with E-state index in [1.54, 1.807) is 45.0 Å². The molecule has 0 saturated heterocycles. The number of hydrogen-bond donors (Lipinski definition) is 5. The molecule has 39 heavy (non-hydrogen) atoms. The Balaban J connectivity index is 2.87. The largest absolute Gasteiger partial charge is 0.461 e. The number of carbonyl (C=O) groups excluding carboxylic acids is 6. The van der Waals surface area contributed by atoms with Crippen molar-refractivity contribution in [3.63, 3.8) is 0 Å². The maximum Gasteiger partial charge on any atom is 0.312 e. The van der Waals surface area contributed by atoms with E-state index >= 15 is 0 Å². The quantitative estimate of drug-likeness (QED) is 0.146. The van der Waals surface area contributed by atoms with Crippen LogP contribution in [0, 0.1) is 5.92 Å². The maximum atomic E-state index is 13.1. The minimum Gasteiger partial charge on any atom is -0.461 e. The van der Waals surface area contributed by atoms with Crippen molar-refractivity contribution in [2.75, 3.05) is 11.9 Å². The van der Waals surface area contributed by atoms with Gasteiger partial charge < -0.3 is 31.7 Å². The summed E-state index contributed by atoms with van der Waals surface area (Å²) in [5.74, 6) is -1.96. The second-order valence-electron chi connectivity index (χ2n) is 9.50. The zero-order valence-corrected chi connectivity index (χ0v) is 23.1. The number of rotatable bonds is 17. The number of primary amides is 1. The molecular weight excluding hydrogens is 506 g/mol. The standard InChI is InChI=1S/C27H41N5O7/c1-5-21(34)8-6-10-23(35)32-24(17(2)3)26(37)31-22(9-7-15-29-27(28)38)25(36)30-20-13-11-19(12-14-20)16-39-18(4)33/h11-14,17,22,24H,5-10,15-16H2,1-4H3,(H,30,36)(H,31,37)(H,32,35)(H3,28,29,38). The van der Waals surface area contributed by atoms with Gasteiger partial charge in [0.25, 0.3) is 0 Å². The highest BCUT2D eigenvalue weighted by Crippen LogP contribution is 2.13. The third kappa shape index (κ3) is 14.0. The molecule has 0 saturated carbocycles. The summed E-state index contributed by atoms with van der Waals surface area (Å²) in [5, 5.41) is 10.6. The topological polar surface area (TPSA) is 186 Å². The number of nitrogens with one attached hydrogen (secondary N) is 4. The van der Waals surface area contributed by atoms with Crippen molar-refractivity contribution >= 4 is 41.2 Å². The summed E-state index contributed by atoms with van der Waals surface area (Å²) in [6, 6.07) is 4.13. The van der Waals surface area contributed by atoms with Crippen LogP contribution in [0.2, 0.25) is 0 Å². The minimum absolute atomic E-state index is 0.0691. The summed E-state index contributed by atoms with van der Waals surface area (Å²) in [4.78, 5) is 72.1. The lowest BCUT2D eigenvalue weighted by Crippen LogP contribution is -2.54. The van der Waals surface area contributed by atoms with Gasteiger partial charge >= 0.3 is 12.0 Å². The number of amides is 5. The van der Waals surface area contributed by atoms with Crippen molar-refractivity contribution in [2.24, 2.45) is 11.7 Å². The number of benzene rings is 1. The zero-order valence-electron chi connectivity index (χ0n) is 23.1. The molecule has 12 nitrogen and oxygen atoms in total. The van der Waals surface area contributed by atoms with Crippen LogP contribution in [0.15, 0.2) is 24.3 Å². The van der Waals surface area contributed by atoms with Crippen LogP contribution in [0.25, 0.3) is 0 Å². The highest BCUT2D eigenvalue weighted by Gasteiger charge is 2.28. The molecular formula is C27H41N5O7. The Bertz CT molecular complexity index is 995. The number of ether oxygens (including phenoxy) is 1. The molecule has 0 radical (unpaired) electrons. The average Bonchev–Trinajstić information content (AvgIpc) is 2.87. The maximum absolute atomic E-state index is 13.1. The summed E-state index contributed by atoms with van der Waals surface area (Å²) in [6.45, 7) is 6.93. The van der Waals surface area contributed by atoms with E-state index in [4.69, 9.17) is 10.5 Å². The first-order valence-corrected chi connectivity index (χ1v) is 13.1. The predicted octanol–water partition coefficient (Wildman–Crippen LogP) is 1.91. The molecule has 1 aromatic rings. The number of hydrogen-bond acceptors (Lipinski definition) is 7. The van der Waals surface area contributed by atoms with Crippen LogP contribution in [0.5, 0.6) is 0 Å². The van der Waals surface area contributed by atoms with E-state index in [1.807, 2.05) is 0 Å². The molecule has 12 heteroatoms. The first-order chi connectivity index (χ1) is 18.4. The second-order valence-corrected chi connectivity index (χ2v) is 9.50. The lowest BCUT2D eigenvalue weighted by Gasteiger charge is -2.25. The lowest BCUT2D eigenvalue weighted by atomic mass is 10.0. The van der Waals surface area contributed by atoms with Gasteiger partial charge in [0.1, 0.15) is 24.5 Å². The van der Waals surface area contributed by atoms with E-state index in [2.05, 4.69) is 21.3 Å². The predicted molar refractivity (Wildman–Crippen MR) is 145 cm³/mol.